The van der Waals surface area contributed by atoms with Gasteiger partial charge < -0.3 is 20.5 Å². The molecule has 1 amide bonds. The van der Waals surface area contributed by atoms with Crippen LogP contribution in [0.4, 0.5) is 4.79 Å². The Bertz CT molecular complexity index is 827. The number of benzene rings is 2. The minimum absolute atomic E-state index is 0.178. The Balaban J connectivity index is 2.02. The van der Waals surface area contributed by atoms with E-state index in [1.807, 2.05) is 30.3 Å². The molecule has 0 aromatic heterocycles. The molecule has 1 atom stereocenters. The first-order valence-electron chi connectivity index (χ1n) is 8.80. The summed E-state index contributed by atoms with van der Waals surface area (Å²) in [6.45, 7) is 5.40. The number of hydrogen-bond donors (Lipinski definition) is 3. The Hall–Kier alpha value is -3.35. The predicted octanol–water partition coefficient (Wildman–Crippen LogP) is 3.55. The molecule has 0 fully saturated rings. The lowest BCUT2D eigenvalue weighted by Gasteiger charge is -2.23. The summed E-state index contributed by atoms with van der Waals surface area (Å²) in [5, 5.41) is 10.3. The molecule has 0 aliphatic carbocycles. The van der Waals surface area contributed by atoms with Gasteiger partial charge in [0.05, 0.1) is 5.56 Å². The first-order chi connectivity index (χ1) is 13.2. The minimum atomic E-state index is -0.857. The first-order valence-corrected chi connectivity index (χ1v) is 8.80. The normalized spacial score (nSPS) is 12.0. The zero-order valence-electron chi connectivity index (χ0n) is 16.2. The van der Waals surface area contributed by atoms with E-state index in [0.29, 0.717) is 11.1 Å². The Morgan fingerprint density at radius 2 is 1.68 bits per heavy atom. The molecule has 0 heterocycles. The molecule has 7 nitrogen and oxygen atoms in total. The number of nitrogens with two attached hydrogens (primary N) is 1. The van der Waals surface area contributed by atoms with Crippen molar-refractivity contribution in [1.29, 1.82) is 5.41 Å². The number of amides is 1. The zero-order chi connectivity index (χ0) is 20.7. The molecule has 0 saturated heterocycles. The number of amidine groups is 1. The van der Waals surface area contributed by atoms with Crippen molar-refractivity contribution in [2.24, 2.45) is 5.73 Å². The van der Waals surface area contributed by atoms with Crippen LogP contribution in [-0.2, 0) is 16.1 Å². The third-order valence-corrected chi connectivity index (χ3v) is 3.66. The number of carbonyl (C=O) groups excluding carboxylic acids is 2. The second-order valence-corrected chi connectivity index (χ2v) is 7.22. The van der Waals surface area contributed by atoms with E-state index in [2.05, 4.69) is 5.32 Å². The molecule has 7 heteroatoms. The van der Waals surface area contributed by atoms with Crippen molar-refractivity contribution in [1.82, 2.24) is 5.32 Å². The smallest absolute Gasteiger partial charge is 0.408 e. The van der Waals surface area contributed by atoms with Gasteiger partial charge in [0.25, 0.3) is 0 Å². The number of hydrogen-bond acceptors (Lipinski definition) is 5. The Morgan fingerprint density at radius 3 is 2.21 bits per heavy atom. The van der Waals surface area contributed by atoms with E-state index in [9.17, 15) is 9.59 Å². The van der Waals surface area contributed by atoms with Crippen LogP contribution in [0.25, 0.3) is 0 Å². The highest BCUT2D eigenvalue weighted by molar-refractivity contribution is 5.90. The van der Waals surface area contributed by atoms with E-state index in [4.69, 9.17) is 20.6 Å². The molecule has 0 spiro atoms. The summed E-state index contributed by atoms with van der Waals surface area (Å²) in [6, 6.07) is 14.9. The van der Waals surface area contributed by atoms with Crippen LogP contribution < -0.4 is 11.1 Å². The second kappa shape index (κ2) is 9.03. The maximum atomic E-state index is 12.2. The van der Waals surface area contributed by atoms with Crippen molar-refractivity contribution in [2.75, 3.05) is 0 Å². The summed E-state index contributed by atoms with van der Waals surface area (Å²) >= 11 is 0. The highest BCUT2D eigenvalue weighted by atomic mass is 16.6. The van der Waals surface area contributed by atoms with Gasteiger partial charge in [0.1, 0.15) is 24.1 Å². The maximum absolute atomic E-state index is 12.2. The van der Waals surface area contributed by atoms with Crippen molar-refractivity contribution in [2.45, 2.75) is 39.0 Å². The summed E-state index contributed by atoms with van der Waals surface area (Å²) < 4.78 is 10.5. The highest BCUT2D eigenvalue weighted by Crippen LogP contribution is 2.16. The molecule has 2 rings (SSSR count). The number of alkyl carbamates (subject to hydrolysis) is 1. The monoisotopic (exact) mass is 383 g/mol. The molecule has 0 saturated carbocycles. The van der Waals surface area contributed by atoms with Crippen LogP contribution in [0.2, 0.25) is 0 Å². The Morgan fingerprint density at radius 1 is 1.07 bits per heavy atom. The Labute approximate surface area is 164 Å². The van der Waals surface area contributed by atoms with Gasteiger partial charge in [0.2, 0.25) is 0 Å². The quantitative estimate of drug-likeness (QED) is 0.401. The standard InChI is InChI=1S/C21H25N3O4/c1-21(2,3)28-20(26)24-17(18(22)23)15-9-11-16(12-10-15)19(25)27-13-14-7-5-4-6-8-14/h4-12,17H,13H2,1-3H3,(H3,22,23)(H,24,26). The topological polar surface area (TPSA) is 115 Å². The molecule has 28 heavy (non-hydrogen) atoms. The van der Waals surface area contributed by atoms with Gasteiger partial charge in [-0.05, 0) is 44.0 Å². The second-order valence-electron chi connectivity index (χ2n) is 7.22. The van der Waals surface area contributed by atoms with Crippen molar-refractivity contribution < 1.29 is 19.1 Å². The number of rotatable bonds is 6. The van der Waals surface area contributed by atoms with E-state index in [1.54, 1.807) is 45.0 Å². The number of nitrogens with one attached hydrogen (secondary N) is 2. The number of carbonyl (C=O) groups is 2. The lowest BCUT2D eigenvalue weighted by molar-refractivity contribution is 0.0470. The van der Waals surface area contributed by atoms with Gasteiger partial charge in [-0.15, -0.1) is 0 Å². The summed E-state index contributed by atoms with van der Waals surface area (Å²) in [5.41, 5.74) is 6.75. The third kappa shape index (κ3) is 6.42. The van der Waals surface area contributed by atoms with E-state index in [0.717, 1.165) is 5.56 Å². The molecule has 0 radical (unpaired) electrons. The first kappa shape index (κ1) is 21.0. The fourth-order valence-electron chi connectivity index (χ4n) is 2.38. The summed E-state index contributed by atoms with van der Waals surface area (Å²) in [7, 11) is 0. The summed E-state index contributed by atoms with van der Waals surface area (Å²) in [6.07, 6.45) is -0.681. The fourth-order valence-corrected chi connectivity index (χ4v) is 2.38. The number of esters is 1. The Kier molecular flexibility index (Phi) is 6.76. The van der Waals surface area contributed by atoms with Crippen molar-refractivity contribution in [3.63, 3.8) is 0 Å². The lowest BCUT2D eigenvalue weighted by atomic mass is 10.0. The van der Waals surface area contributed by atoms with E-state index in [-0.39, 0.29) is 12.4 Å². The third-order valence-electron chi connectivity index (χ3n) is 3.66. The molecule has 2 aromatic carbocycles. The molecule has 2 aromatic rings. The predicted molar refractivity (Wildman–Crippen MR) is 106 cm³/mol. The molecule has 1 unspecified atom stereocenters. The average Bonchev–Trinajstić information content (AvgIpc) is 2.63. The van der Waals surface area contributed by atoms with Gasteiger partial charge in [-0.1, -0.05) is 42.5 Å². The van der Waals surface area contributed by atoms with Crippen molar-refractivity contribution in [3.05, 3.63) is 71.3 Å². The number of ether oxygens (including phenoxy) is 2. The highest BCUT2D eigenvalue weighted by Gasteiger charge is 2.22. The van der Waals surface area contributed by atoms with E-state index >= 15 is 0 Å². The van der Waals surface area contributed by atoms with Crippen molar-refractivity contribution >= 4 is 17.9 Å². The molecular weight excluding hydrogens is 358 g/mol. The van der Waals surface area contributed by atoms with Crippen LogP contribution in [0.15, 0.2) is 54.6 Å². The van der Waals surface area contributed by atoms with Gasteiger partial charge in [0, 0.05) is 0 Å². The van der Waals surface area contributed by atoms with Gasteiger partial charge in [-0.2, -0.15) is 0 Å². The van der Waals surface area contributed by atoms with Gasteiger partial charge in [0.15, 0.2) is 0 Å². The summed E-state index contributed by atoms with van der Waals surface area (Å²) in [5.74, 6) is -0.708. The van der Waals surface area contributed by atoms with Crippen LogP contribution in [0.3, 0.4) is 0 Å². The largest absolute Gasteiger partial charge is 0.457 e. The average molecular weight is 383 g/mol. The summed E-state index contributed by atoms with van der Waals surface area (Å²) in [4.78, 5) is 24.2. The molecule has 0 aliphatic heterocycles. The van der Waals surface area contributed by atoms with Crippen LogP contribution in [-0.4, -0.2) is 23.5 Å². The SMILES string of the molecule is CC(C)(C)OC(=O)NC(C(=N)N)c1ccc(C(=O)OCc2ccccc2)cc1. The lowest BCUT2D eigenvalue weighted by Crippen LogP contribution is -2.40. The van der Waals surface area contributed by atoms with E-state index in [1.165, 1.54) is 0 Å². The van der Waals surface area contributed by atoms with Crippen LogP contribution in [0.1, 0.15) is 48.3 Å². The van der Waals surface area contributed by atoms with Crippen LogP contribution in [0, 0.1) is 5.41 Å². The van der Waals surface area contributed by atoms with Crippen LogP contribution in [0.5, 0.6) is 0 Å². The maximum Gasteiger partial charge on any atom is 0.408 e. The van der Waals surface area contributed by atoms with E-state index < -0.39 is 23.7 Å². The zero-order valence-corrected chi connectivity index (χ0v) is 16.2. The molecular formula is C21H25N3O4. The molecule has 0 aliphatic rings. The van der Waals surface area contributed by atoms with Gasteiger partial charge >= 0.3 is 12.1 Å². The van der Waals surface area contributed by atoms with Gasteiger partial charge in [-0.25, -0.2) is 9.59 Å². The minimum Gasteiger partial charge on any atom is -0.457 e. The molecule has 0 bridgehead atoms. The van der Waals surface area contributed by atoms with Crippen molar-refractivity contribution in [3.8, 4) is 0 Å². The molecule has 4 N–H and O–H groups in total. The molecule has 148 valence electrons. The fraction of sp³-hybridized carbons (Fsp3) is 0.286. The van der Waals surface area contributed by atoms with Crippen LogP contribution >= 0.6 is 0 Å². The van der Waals surface area contributed by atoms with Gasteiger partial charge in [-0.3, -0.25) is 5.41 Å².